The molecule has 2 amide bonds. The van der Waals surface area contributed by atoms with Crippen molar-refractivity contribution < 1.29 is 18.7 Å². The van der Waals surface area contributed by atoms with Crippen LogP contribution in [0.5, 0.6) is 11.6 Å². The number of hydrogen-bond donors (Lipinski definition) is 1. The highest BCUT2D eigenvalue weighted by atomic mass is 19.1. The van der Waals surface area contributed by atoms with Gasteiger partial charge >= 0.3 is 0 Å². The number of amides is 2. The SMILES string of the molecule is CCN(C(=O)c1cc(F)ccc1Oc1nncnc1N1CC2(CCN(C(=O)[C@@H]3C[C@H](C)CN3)CC2)C1)C(C)C. The fourth-order valence-electron chi connectivity index (χ4n) is 6.05. The van der Waals surface area contributed by atoms with Gasteiger partial charge in [0.15, 0.2) is 5.82 Å². The van der Waals surface area contributed by atoms with Crippen LogP contribution in [0.15, 0.2) is 24.5 Å². The molecule has 10 nitrogen and oxygen atoms in total. The predicted octanol–water partition coefficient (Wildman–Crippen LogP) is 3.10. The maximum Gasteiger partial charge on any atom is 0.282 e. The maximum absolute atomic E-state index is 14.2. The lowest BCUT2D eigenvalue weighted by Crippen LogP contribution is -2.62. The van der Waals surface area contributed by atoms with Crippen molar-refractivity contribution in [3.05, 3.63) is 35.9 Å². The van der Waals surface area contributed by atoms with E-state index in [9.17, 15) is 14.0 Å². The summed E-state index contributed by atoms with van der Waals surface area (Å²) in [5.74, 6) is 0.860. The van der Waals surface area contributed by atoms with Crippen LogP contribution in [-0.4, -0.2) is 88.1 Å². The highest BCUT2D eigenvalue weighted by Crippen LogP contribution is 2.44. The van der Waals surface area contributed by atoms with Crippen LogP contribution in [0, 0.1) is 17.2 Å². The summed E-state index contributed by atoms with van der Waals surface area (Å²) in [4.78, 5) is 36.3. The molecule has 1 aromatic carbocycles. The number of carbonyl (C=O) groups is 2. The van der Waals surface area contributed by atoms with Crippen molar-refractivity contribution in [1.82, 2.24) is 30.3 Å². The number of nitrogens with zero attached hydrogens (tertiary/aromatic N) is 6. The summed E-state index contributed by atoms with van der Waals surface area (Å²) < 4.78 is 20.3. The zero-order valence-electron chi connectivity index (χ0n) is 23.2. The predicted molar refractivity (Wildman–Crippen MR) is 144 cm³/mol. The van der Waals surface area contributed by atoms with Gasteiger partial charge in [-0.05, 0) is 70.7 Å². The van der Waals surface area contributed by atoms with Crippen LogP contribution in [0.2, 0.25) is 0 Å². The van der Waals surface area contributed by atoms with Gasteiger partial charge in [-0.2, -0.15) is 0 Å². The molecule has 0 radical (unpaired) electrons. The van der Waals surface area contributed by atoms with Crippen molar-refractivity contribution >= 4 is 17.6 Å². The molecule has 39 heavy (non-hydrogen) atoms. The summed E-state index contributed by atoms with van der Waals surface area (Å²) >= 11 is 0. The molecule has 2 aromatic rings. The van der Waals surface area contributed by atoms with Gasteiger partial charge in [0.2, 0.25) is 5.91 Å². The lowest BCUT2D eigenvalue weighted by molar-refractivity contribution is -0.135. The number of aromatic nitrogens is 3. The first-order chi connectivity index (χ1) is 18.7. The van der Waals surface area contributed by atoms with E-state index in [0.29, 0.717) is 18.3 Å². The average Bonchev–Trinajstić information content (AvgIpc) is 3.34. The van der Waals surface area contributed by atoms with E-state index < -0.39 is 5.82 Å². The summed E-state index contributed by atoms with van der Waals surface area (Å²) in [6.45, 7) is 12.3. The molecule has 4 heterocycles. The minimum atomic E-state index is -0.518. The van der Waals surface area contributed by atoms with Crippen LogP contribution in [0.25, 0.3) is 0 Å². The highest BCUT2D eigenvalue weighted by molar-refractivity contribution is 5.97. The van der Waals surface area contributed by atoms with Crippen LogP contribution < -0.4 is 15.0 Å². The second kappa shape index (κ2) is 11.0. The van der Waals surface area contributed by atoms with Crippen LogP contribution in [0.3, 0.4) is 0 Å². The Balaban J connectivity index is 1.26. The third-order valence-corrected chi connectivity index (χ3v) is 8.31. The monoisotopic (exact) mass is 539 g/mol. The van der Waals surface area contributed by atoms with Gasteiger partial charge in [0.25, 0.3) is 11.8 Å². The zero-order valence-corrected chi connectivity index (χ0v) is 23.2. The van der Waals surface area contributed by atoms with Gasteiger partial charge in [0.1, 0.15) is 17.9 Å². The fourth-order valence-corrected chi connectivity index (χ4v) is 6.05. The Morgan fingerprint density at radius 2 is 2.00 bits per heavy atom. The zero-order chi connectivity index (χ0) is 27.7. The second-order valence-electron chi connectivity index (χ2n) is 11.5. The Morgan fingerprint density at radius 1 is 1.26 bits per heavy atom. The molecule has 1 aromatic heterocycles. The third-order valence-electron chi connectivity index (χ3n) is 8.31. The van der Waals surface area contributed by atoms with Crippen molar-refractivity contribution in [2.75, 3.05) is 44.2 Å². The summed E-state index contributed by atoms with van der Waals surface area (Å²) in [5, 5.41) is 11.4. The minimum Gasteiger partial charge on any atom is -0.434 e. The van der Waals surface area contributed by atoms with Gasteiger partial charge in [0, 0.05) is 44.2 Å². The standard InChI is InChI=1S/C28H38FN7O3/c1-5-36(18(2)3)26(37)21-13-20(29)6-7-23(21)39-25-24(31-17-32-33-25)35-15-28(16-35)8-10-34(11-9-28)27(38)22-12-19(4)14-30-22/h6-7,13,17-19,22,30H,5,8-12,14-16H2,1-4H3/t19-,22-/m0/s1. The minimum absolute atomic E-state index is 0.0492. The van der Waals surface area contributed by atoms with Crippen LogP contribution >= 0.6 is 0 Å². The average molecular weight is 540 g/mol. The van der Waals surface area contributed by atoms with E-state index in [1.165, 1.54) is 24.5 Å². The Morgan fingerprint density at radius 3 is 2.64 bits per heavy atom. The summed E-state index contributed by atoms with van der Waals surface area (Å²) in [5.41, 5.74) is 0.246. The highest BCUT2D eigenvalue weighted by Gasteiger charge is 2.47. The molecule has 3 aliphatic rings. The van der Waals surface area contributed by atoms with Gasteiger partial charge in [-0.15, -0.1) is 10.2 Å². The fraction of sp³-hybridized carbons (Fsp3) is 0.607. The van der Waals surface area contributed by atoms with Gasteiger partial charge in [0.05, 0.1) is 11.6 Å². The van der Waals surface area contributed by atoms with Crippen LogP contribution in [0.1, 0.15) is 57.3 Å². The van der Waals surface area contributed by atoms with E-state index in [-0.39, 0.29) is 46.5 Å². The van der Waals surface area contributed by atoms with E-state index in [1.54, 1.807) is 4.90 Å². The molecule has 3 aliphatic heterocycles. The molecular weight excluding hydrogens is 501 g/mol. The van der Waals surface area contributed by atoms with E-state index in [4.69, 9.17) is 4.74 Å². The molecule has 5 rings (SSSR count). The lowest BCUT2D eigenvalue weighted by Gasteiger charge is -2.54. The lowest BCUT2D eigenvalue weighted by atomic mass is 9.72. The first-order valence-corrected chi connectivity index (χ1v) is 13.9. The molecule has 1 spiro atoms. The summed E-state index contributed by atoms with van der Waals surface area (Å²) in [6.07, 6.45) is 4.15. The topological polar surface area (TPSA) is 104 Å². The van der Waals surface area contributed by atoms with Crippen molar-refractivity contribution in [2.45, 2.75) is 59.0 Å². The first kappa shape index (κ1) is 27.2. The van der Waals surface area contributed by atoms with Gasteiger partial charge < -0.3 is 24.8 Å². The van der Waals surface area contributed by atoms with Crippen molar-refractivity contribution in [3.8, 4) is 11.6 Å². The molecule has 0 saturated carbocycles. The van der Waals surface area contributed by atoms with Gasteiger partial charge in [-0.3, -0.25) is 9.59 Å². The van der Waals surface area contributed by atoms with Crippen molar-refractivity contribution in [1.29, 1.82) is 0 Å². The van der Waals surface area contributed by atoms with Crippen LogP contribution in [0.4, 0.5) is 10.2 Å². The number of hydrogen-bond acceptors (Lipinski definition) is 8. The Kier molecular flexibility index (Phi) is 7.70. The molecule has 2 atom stereocenters. The van der Waals surface area contributed by atoms with Gasteiger partial charge in [-0.25, -0.2) is 9.37 Å². The van der Waals surface area contributed by atoms with E-state index in [0.717, 1.165) is 52.0 Å². The number of halogens is 1. The number of ether oxygens (including phenoxy) is 1. The number of nitrogens with one attached hydrogen (secondary N) is 1. The third kappa shape index (κ3) is 5.54. The van der Waals surface area contributed by atoms with Crippen LogP contribution in [-0.2, 0) is 4.79 Å². The van der Waals surface area contributed by atoms with Gasteiger partial charge in [-0.1, -0.05) is 6.92 Å². The van der Waals surface area contributed by atoms with E-state index >= 15 is 0 Å². The largest absolute Gasteiger partial charge is 0.434 e. The van der Waals surface area contributed by atoms with Crippen molar-refractivity contribution in [2.24, 2.45) is 11.3 Å². The molecule has 3 fully saturated rings. The number of rotatable bonds is 7. The Labute approximate surface area is 228 Å². The molecule has 0 bridgehead atoms. The Bertz CT molecular complexity index is 1210. The number of likely N-dealkylation sites (tertiary alicyclic amines) is 1. The second-order valence-corrected chi connectivity index (χ2v) is 11.5. The molecule has 1 N–H and O–H groups in total. The first-order valence-electron chi connectivity index (χ1n) is 13.9. The molecule has 0 aliphatic carbocycles. The normalized spacial score (nSPS) is 22.2. The van der Waals surface area contributed by atoms with E-state index in [1.807, 2.05) is 25.7 Å². The quantitative estimate of drug-likeness (QED) is 0.573. The molecule has 0 unspecified atom stereocenters. The van der Waals surface area contributed by atoms with Crippen molar-refractivity contribution in [3.63, 3.8) is 0 Å². The number of benzene rings is 1. The van der Waals surface area contributed by atoms with E-state index in [2.05, 4.69) is 32.3 Å². The molecule has 11 heteroatoms. The number of piperidine rings is 1. The number of anilines is 1. The Hall–Kier alpha value is -3.34. The number of carbonyl (C=O) groups excluding carboxylic acids is 2. The maximum atomic E-state index is 14.2. The summed E-state index contributed by atoms with van der Waals surface area (Å²) in [6, 6.07) is 3.80. The molecular formula is C28H38FN7O3. The summed E-state index contributed by atoms with van der Waals surface area (Å²) in [7, 11) is 0. The smallest absolute Gasteiger partial charge is 0.282 e. The molecule has 210 valence electrons. The molecule has 3 saturated heterocycles.